The number of phenols is 1. The first kappa shape index (κ1) is 19.2. The average molecular weight is 322 g/mol. The van der Waals surface area contributed by atoms with Crippen LogP contribution in [0.2, 0.25) is 0 Å². The molecule has 10 heteroatoms. The van der Waals surface area contributed by atoms with Crippen molar-refractivity contribution in [3.05, 3.63) is 17.7 Å². The quantitative estimate of drug-likeness (QED) is 0.355. The summed E-state index contributed by atoms with van der Waals surface area (Å²) < 4.78 is 18.9. The first-order valence-electron chi connectivity index (χ1n) is 5.53. The SMILES string of the molecule is COc1cc(/C=N/N(C)C)cc(OC)c1O.O=P(O)(O)O. The van der Waals surface area contributed by atoms with E-state index in [0.717, 1.165) is 5.56 Å². The minimum absolute atomic E-state index is 0.00740. The topological polar surface area (TPSA) is 132 Å². The molecule has 21 heavy (non-hydrogen) atoms. The molecule has 0 saturated heterocycles. The number of benzene rings is 1. The lowest BCUT2D eigenvalue weighted by Crippen LogP contribution is -2.02. The van der Waals surface area contributed by atoms with Gasteiger partial charge >= 0.3 is 7.82 Å². The molecular weight excluding hydrogens is 303 g/mol. The first-order valence-corrected chi connectivity index (χ1v) is 7.09. The predicted octanol–water partition coefficient (Wildman–Crippen LogP) is 0.376. The summed E-state index contributed by atoms with van der Waals surface area (Å²) in [4.78, 5) is 21.6. The summed E-state index contributed by atoms with van der Waals surface area (Å²) in [5.74, 6) is 0.714. The molecule has 120 valence electrons. The number of hydrogen-bond donors (Lipinski definition) is 4. The molecule has 9 nitrogen and oxygen atoms in total. The van der Waals surface area contributed by atoms with E-state index in [1.165, 1.54) is 14.2 Å². The third-order valence-corrected chi connectivity index (χ3v) is 1.94. The van der Waals surface area contributed by atoms with Gasteiger partial charge in [0, 0.05) is 19.7 Å². The summed E-state index contributed by atoms with van der Waals surface area (Å²) >= 11 is 0. The Kier molecular flexibility index (Phi) is 7.75. The monoisotopic (exact) mass is 322 g/mol. The highest BCUT2D eigenvalue weighted by atomic mass is 31.2. The van der Waals surface area contributed by atoms with Crippen LogP contribution < -0.4 is 9.47 Å². The second-order valence-electron chi connectivity index (χ2n) is 3.88. The zero-order valence-electron chi connectivity index (χ0n) is 12.1. The molecule has 1 aromatic carbocycles. The standard InChI is InChI=1S/C11H16N2O3.H3O4P/c1-13(2)12-7-8-5-9(15-3)11(14)10(6-8)16-4;1-5(2,3)4/h5-7,14H,1-4H3;(H3,1,2,3,4)/b12-7+;. The Hall–Kier alpha value is -1.80. The number of aromatic hydroxyl groups is 1. The number of hydrogen-bond acceptors (Lipinski definition) is 6. The van der Waals surface area contributed by atoms with Gasteiger partial charge in [-0.25, -0.2) is 4.57 Å². The van der Waals surface area contributed by atoms with Gasteiger partial charge in [-0.2, -0.15) is 5.10 Å². The van der Waals surface area contributed by atoms with Crippen molar-refractivity contribution in [3.63, 3.8) is 0 Å². The van der Waals surface area contributed by atoms with Crippen molar-refractivity contribution >= 4 is 14.0 Å². The number of ether oxygens (including phenoxy) is 2. The van der Waals surface area contributed by atoms with Gasteiger partial charge in [-0.15, -0.1) is 0 Å². The van der Waals surface area contributed by atoms with E-state index in [4.69, 9.17) is 28.7 Å². The summed E-state index contributed by atoms with van der Waals surface area (Å²) in [6, 6.07) is 3.37. The van der Waals surface area contributed by atoms with Gasteiger partial charge in [0.05, 0.1) is 20.4 Å². The second kappa shape index (κ2) is 8.48. The summed E-state index contributed by atoms with van der Waals surface area (Å²) in [7, 11) is 1.99. The highest BCUT2D eigenvalue weighted by molar-refractivity contribution is 7.45. The smallest absolute Gasteiger partial charge is 0.466 e. The molecule has 0 saturated carbocycles. The van der Waals surface area contributed by atoms with Crippen LogP contribution in [0.15, 0.2) is 17.2 Å². The van der Waals surface area contributed by atoms with Crippen molar-refractivity contribution in [3.8, 4) is 17.2 Å². The summed E-state index contributed by atoms with van der Waals surface area (Å²) in [5.41, 5.74) is 0.792. The fourth-order valence-electron chi connectivity index (χ4n) is 1.17. The third-order valence-electron chi connectivity index (χ3n) is 1.94. The molecule has 4 N–H and O–H groups in total. The molecule has 0 aliphatic heterocycles. The number of rotatable bonds is 4. The number of hydrazone groups is 1. The summed E-state index contributed by atoms with van der Waals surface area (Å²) in [6.45, 7) is 0. The molecule has 0 atom stereocenters. The molecule has 0 radical (unpaired) electrons. The van der Waals surface area contributed by atoms with Crippen LogP contribution in [-0.4, -0.2) is 59.3 Å². The number of phosphoric acid groups is 1. The molecule has 1 aromatic rings. The summed E-state index contributed by atoms with van der Waals surface area (Å²) in [5, 5.41) is 15.4. The largest absolute Gasteiger partial charge is 0.502 e. The predicted molar refractivity (Wildman–Crippen MR) is 76.8 cm³/mol. The number of phenolic OH excluding ortho intramolecular Hbond substituents is 1. The Morgan fingerprint density at radius 2 is 1.52 bits per heavy atom. The van der Waals surface area contributed by atoms with Crippen molar-refractivity contribution in [2.75, 3.05) is 28.3 Å². The van der Waals surface area contributed by atoms with Gasteiger partial charge in [0.25, 0.3) is 0 Å². The highest BCUT2D eigenvalue weighted by Gasteiger charge is 2.10. The van der Waals surface area contributed by atoms with Crippen LogP contribution in [0.5, 0.6) is 17.2 Å². The fraction of sp³-hybridized carbons (Fsp3) is 0.364. The van der Waals surface area contributed by atoms with E-state index in [9.17, 15) is 5.11 Å². The van der Waals surface area contributed by atoms with Crippen LogP contribution in [0.4, 0.5) is 0 Å². The zero-order valence-corrected chi connectivity index (χ0v) is 13.0. The van der Waals surface area contributed by atoms with Crippen molar-refractivity contribution in [1.82, 2.24) is 5.01 Å². The number of nitrogens with zero attached hydrogens (tertiary/aromatic N) is 2. The van der Waals surface area contributed by atoms with E-state index < -0.39 is 7.82 Å². The molecule has 0 fully saturated rings. The van der Waals surface area contributed by atoms with Crippen molar-refractivity contribution in [2.24, 2.45) is 5.10 Å². The van der Waals surface area contributed by atoms with Crippen LogP contribution in [0.25, 0.3) is 0 Å². The lowest BCUT2D eigenvalue weighted by atomic mass is 10.2. The van der Waals surface area contributed by atoms with Crippen LogP contribution >= 0.6 is 7.82 Å². The fourth-order valence-corrected chi connectivity index (χ4v) is 1.17. The molecule has 0 bridgehead atoms. The molecular formula is C11H19N2O7P. The van der Waals surface area contributed by atoms with Gasteiger partial charge in [-0.1, -0.05) is 0 Å². The van der Waals surface area contributed by atoms with Crippen molar-refractivity contribution in [2.45, 2.75) is 0 Å². The van der Waals surface area contributed by atoms with Gasteiger partial charge in [0.1, 0.15) is 0 Å². The van der Waals surface area contributed by atoms with E-state index in [1.807, 2.05) is 14.1 Å². The molecule has 0 heterocycles. The van der Waals surface area contributed by atoms with E-state index >= 15 is 0 Å². The average Bonchev–Trinajstić information content (AvgIpc) is 2.35. The van der Waals surface area contributed by atoms with Crippen LogP contribution in [0.3, 0.4) is 0 Å². The molecule has 0 aliphatic rings. The van der Waals surface area contributed by atoms with E-state index in [2.05, 4.69) is 5.10 Å². The van der Waals surface area contributed by atoms with Gasteiger partial charge in [0.2, 0.25) is 5.75 Å². The Balaban J connectivity index is 0.000000690. The first-order chi connectivity index (χ1) is 9.58. The Morgan fingerprint density at radius 1 is 1.14 bits per heavy atom. The van der Waals surface area contributed by atoms with Crippen LogP contribution in [-0.2, 0) is 4.57 Å². The van der Waals surface area contributed by atoms with Gasteiger partial charge in [-0.3, -0.25) is 0 Å². The molecule has 0 unspecified atom stereocenters. The van der Waals surface area contributed by atoms with E-state index in [0.29, 0.717) is 11.5 Å². The second-order valence-corrected chi connectivity index (χ2v) is 4.91. The molecule has 1 rings (SSSR count). The molecule has 0 aliphatic carbocycles. The van der Waals surface area contributed by atoms with Gasteiger partial charge in [0.15, 0.2) is 11.5 Å². The highest BCUT2D eigenvalue weighted by Crippen LogP contribution is 2.36. The maximum Gasteiger partial charge on any atom is 0.466 e. The lowest BCUT2D eigenvalue weighted by Gasteiger charge is -2.09. The van der Waals surface area contributed by atoms with Crippen molar-refractivity contribution in [1.29, 1.82) is 0 Å². The maximum atomic E-state index is 9.69. The van der Waals surface area contributed by atoms with Gasteiger partial charge in [-0.05, 0) is 12.1 Å². The van der Waals surface area contributed by atoms with Crippen molar-refractivity contribution < 1.29 is 33.8 Å². The number of methoxy groups -OCH3 is 2. The third kappa shape index (κ3) is 8.87. The Labute approximate surface area is 122 Å². The summed E-state index contributed by atoms with van der Waals surface area (Å²) in [6.07, 6.45) is 1.66. The van der Waals surface area contributed by atoms with Crippen LogP contribution in [0, 0.1) is 0 Å². The van der Waals surface area contributed by atoms with Crippen LogP contribution in [0.1, 0.15) is 5.56 Å². The molecule has 0 amide bonds. The Bertz CT molecular complexity index is 494. The van der Waals surface area contributed by atoms with E-state index in [-0.39, 0.29) is 5.75 Å². The Morgan fingerprint density at radius 3 is 1.81 bits per heavy atom. The zero-order chi connectivity index (χ0) is 16.6. The van der Waals surface area contributed by atoms with E-state index in [1.54, 1.807) is 23.4 Å². The maximum absolute atomic E-state index is 9.69. The minimum atomic E-state index is -4.64. The normalized spacial score (nSPS) is 10.8. The molecule has 0 aromatic heterocycles. The van der Waals surface area contributed by atoms with Gasteiger partial charge < -0.3 is 34.3 Å². The minimum Gasteiger partial charge on any atom is -0.502 e. The lowest BCUT2D eigenvalue weighted by molar-refractivity contribution is 0.275. The molecule has 0 spiro atoms.